The highest BCUT2D eigenvalue weighted by Gasteiger charge is 2.25. The average Bonchev–Trinajstić information content (AvgIpc) is 3.25. The van der Waals surface area contributed by atoms with Gasteiger partial charge in [-0.25, -0.2) is 4.68 Å². The third-order valence-electron chi connectivity index (χ3n) is 5.70. The van der Waals surface area contributed by atoms with E-state index in [1.807, 2.05) is 21.8 Å². The molecule has 1 aromatic heterocycles. The molecule has 0 spiro atoms. The lowest BCUT2D eigenvalue weighted by Crippen LogP contribution is -2.37. The Hall–Kier alpha value is -2.47. The number of amides is 1. The predicted octanol–water partition coefficient (Wildman–Crippen LogP) is 3.25. The Kier molecular flexibility index (Phi) is 6.17. The first-order valence-electron chi connectivity index (χ1n) is 10.4. The van der Waals surface area contributed by atoms with Crippen LogP contribution in [0.1, 0.15) is 54.2 Å². The van der Waals surface area contributed by atoms with Crippen LogP contribution in [0.4, 0.5) is 0 Å². The third-order valence-corrected chi connectivity index (χ3v) is 5.70. The minimum atomic E-state index is 0.0319. The second-order valence-electron chi connectivity index (χ2n) is 7.81. The van der Waals surface area contributed by atoms with Crippen LogP contribution >= 0.6 is 0 Å². The molecule has 0 bridgehead atoms. The van der Waals surface area contributed by atoms with Crippen molar-refractivity contribution in [3.8, 4) is 0 Å². The normalized spacial score (nSPS) is 21.3. The predicted molar refractivity (Wildman–Crippen MR) is 110 cm³/mol. The van der Waals surface area contributed by atoms with E-state index in [0.29, 0.717) is 5.69 Å². The van der Waals surface area contributed by atoms with Crippen molar-refractivity contribution >= 4 is 12.0 Å². The molecule has 3 heterocycles. The summed E-state index contributed by atoms with van der Waals surface area (Å²) in [5.74, 6) is 0.0319. The molecule has 2 aromatic rings. The molecule has 6 nitrogen and oxygen atoms in total. The van der Waals surface area contributed by atoms with Gasteiger partial charge in [-0.05, 0) is 44.2 Å². The van der Waals surface area contributed by atoms with E-state index in [1.54, 1.807) is 0 Å². The summed E-state index contributed by atoms with van der Waals surface area (Å²) in [4.78, 5) is 17.0. The van der Waals surface area contributed by atoms with Gasteiger partial charge in [0.15, 0.2) is 5.69 Å². The van der Waals surface area contributed by atoms with Gasteiger partial charge in [-0.15, -0.1) is 5.10 Å². The summed E-state index contributed by atoms with van der Waals surface area (Å²) >= 11 is 0. The molecular weight excluding hydrogens is 350 g/mol. The number of benzene rings is 1. The van der Waals surface area contributed by atoms with Crippen molar-refractivity contribution < 1.29 is 4.79 Å². The Morgan fingerprint density at radius 2 is 1.89 bits per heavy atom. The van der Waals surface area contributed by atoms with Gasteiger partial charge in [-0.1, -0.05) is 47.7 Å². The van der Waals surface area contributed by atoms with Crippen molar-refractivity contribution in [3.63, 3.8) is 0 Å². The van der Waals surface area contributed by atoms with E-state index in [-0.39, 0.29) is 11.9 Å². The fourth-order valence-corrected chi connectivity index (χ4v) is 4.13. The quantitative estimate of drug-likeness (QED) is 0.800. The summed E-state index contributed by atoms with van der Waals surface area (Å²) in [5, 5.41) is 8.48. The topological polar surface area (TPSA) is 54.3 Å². The Morgan fingerprint density at radius 3 is 2.71 bits per heavy atom. The first-order chi connectivity index (χ1) is 13.8. The molecule has 6 heteroatoms. The number of hydrogen-bond donors (Lipinski definition) is 0. The van der Waals surface area contributed by atoms with E-state index in [9.17, 15) is 4.79 Å². The van der Waals surface area contributed by atoms with E-state index in [1.165, 1.54) is 12.0 Å². The number of rotatable bonds is 5. The number of nitrogens with zero attached hydrogens (tertiary/aromatic N) is 5. The van der Waals surface area contributed by atoms with E-state index in [4.69, 9.17) is 0 Å². The molecule has 1 aromatic carbocycles. The second-order valence-corrected chi connectivity index (χ2v) is 7.81. The molecular formula is C22H29N5O. The monoisotopic (exact) mass is 379 g/mol. The summed E-state index contributed by atoms with van der Waals surface area (Å²) in [6, 6.07) is 10.7. The van der Waals surface area contributed by atoms with Gasteiger partial charge in [-0.2, -0.15) is 0 Å². The molecule has 4 rings (SSSR count). The van der Waals surface area contributed by atoms with Gasteiger partial charge in [0.05, 0.1) is 12.2 Å². The van der Waals surface area contributed by atoms with Gasteiger partial charge in [0.25, 0.3) is 5.91 Å². The second kappa shape index (κ2) is 9.15. The Bertz CT molecular complexity index is 794. The summed E-state index contributed by atoms with van der Waals surface area (Å²) in [6.07, 6.45) is 11.9. The van der Waals surface area contributed by atoms with Crippen molar-refractivity contribution in [2.45, 2.75) is 38.1 Å². The highest BCUT2D eigenvalue weighted by atomic mass is 16.2. The number of likely N-dealkylation sites (tertiary alicyclic amines) is 2. The van der Waals surface area contributed by atoms with Gasteiger partial charge in [0.1, 0.15) is 0 Å². The van der Waals surface area contributed by atoms with Crippen molar-refractivity contribution in [3.05, 3.63) is 53.9 Å². The Morgan fingerprint density at radius 1 is 1.07 bits per heavy atom. The zero-order valence-electron chi connectivity index (χ0n) is 16.4. The first kappa shape index (κ1) is 18.9. The SMILES string of the molecule is O=C(c1cn(C2CCCN(C/C=C/c3ccccc3)C2)nn1)N1CCCCC1. The lowest BCUT2D eigenvalue weighted by molar-refractivity contribution is 0.0718. The molecule has 2 aliphatic rings. The standard InChI is InChI=1S/C22H29N5O/c28-22(26-15-5-2-6-16-26)21-18-27(24-23-21)20-12-8-14-25(17-20)13-7-11-19-9-3-1-4-10-19/h1,3-4,7,9-11,18,20H,2,5-6,8,12-17H2/b11-7+. The largest absolute Gasteiger partial charge is 0.337 e. The maximum absolute atomic E-state index is 12.6. The molecule has 1 amide bonds. The van der Waals surface area contributed by atoms with Crippen molar-refractivity contribution in [1.29, 1.82) is 0 Å². The van der Waals surface area contributed by atoms with Crippen LogP contribution in [0.5, 0.6) is 0 Å². The number of carbonyl (C=O) groups excluding carboxylic acids is 1. The smallest absolute Gasteiger partial charge is 0.276 e. The van der Waals surface area contributed by atoms with Crippen LogP contribution in [-0.4, -0.2) is 63.4 Å². The van der Waals surface area contributed by atoms with Crippen molar-refractivity contribution in [2.24, 2.45) is 0 Å². The van der Waals surface area contributed by atoms with Crippen molar-refractivity contribution in [2.75, 3.05) is 32.7 Å². The molecule has 0 aliphatic carbocycles. The van der Waals surface area contributed by atoms with E-state index < -0.39 is 0 Å². The lowest BCUT2D eigenvalue weighted by Gasteiger charge is -2.31. The van der Waals surface area contributed by atoms with Gasteiger partial charge in [-0.3, -0.25) is 9.69 Å². The summed E-state index contributed by atoms with van der Waals surface area (Å²) in [7, 11) is 0. The minimum Gasteiger partial charge on any atom is -0.337 e. The molecule has 0 saturated carbocycles. The number of aromatic nitrogens is 3. The first-order valence-corrected chi connectivity index (χ1v) is 10.4. The van der Waals surface area contributed by atoms with Gasteiger partial charge in [0, 0.05) is 26.2 Å². The highest BCUT2D eigenvalue weighted by molar-refractivity contribution is 5.91. The number of carbonyl (C=O) groups is 1. The molecule has 0 radical (unpaired) electrons. The van der Waals surface area contributed by atoms with E-state index in [2.05, 4.69) is 51.6 Å². The summed E-state index contributed by atoms with van der Waals surface area (Å²) < 4.78 is 1.91. The average molecular weight is 380 g/mol. The van der Waals surface area contributed by atoms with Gasteiger partial charge >= 0.3 is 0 Å². The van der Waals surface area contributed by atoms with Crippen LogP contribution < -0.4 is 0 Å². The van der Waals surface area contributed by atoms with Crippen LogP contribution in [0.2, 0.25) is 0 Å². The molecule has 28 heavy (non-hydrogen) atoms. The fraction of sp³-hybridized carbons (Fsp3) is 0.500. The zero-order valence-corrected chi connectivity index (χ0v) is 16.4. The molecule has 2 saturated heterocycles. The Balaban J connectivity index is 1.33. The third kappa shape index (κ3) is 4.68. The number of hydrogen-bond acceptors (Lipinski definition) is 4. The van der Waals surface area contributed by atoms with E-state index in [0.717, 1.165) is 58.4 Å². The van der Waals surface area contributed by atoms with Crippen LogP contribution in [0.3, 0.4) is 0 Å². The van der Waals surface area contributed by atoms with E-state index >= 15 is 0 Å². The zero-order chi connectivity index (χ0) is 19.2. The molecule has 1 unspecified atom stereocenters. The van der Waals surface area contributed by atoms with Crippen LogP contribution in [0.25, 0.3) is 6.08 Å². The maximum atomic E-state index is 12.6. The number of piperidine rings is 2. The summed E-state index contributed by atoms with van der Waals surface area (Å²) in [5.41, 5.74) is 1.72. The van der Waals surface area contributed by atoms with Gasteiger partial charge < -0.3 is 4.90 Å². The lowest BCUT2D eigenvalue weighted by atomic mass is 10.1. The fourth-order valence-electron chi connectivity index (χ4n) is 4.13. The van der Waals surface area contributed by atoms with Gasteiger partial charge in [0.2, 0.25) is 0 Å². The van der Waals surface area contributed by atoms with Crippen LogP contribution in [0, 0.1) is 0 Å². The van der Waals surface area contributed by atoms with Crippen LogP contribution in [-0.2, 0) is 0 Å². The molecule has 2 fully saturated rings. The van der Waals surface area contributed by atoms with Crippen LogP contribution in [0.15, 0.2) is 42.6 Å². The minimum absolute atomic E-state index is 0.0319. The Labute approximate surface area is 166 Å². The molecule has 1 atom stereocenters. The summed E-state index contributed by atoms with van der Waals surface area (Å²) in [6.45, 7) is 4.66. The maximum Gasteiger partial charge on any atom is 0.276 e. The molecule has 0 N–H and O–H groups in total. The highest BCUT2D eigenvalue weighted by Crippen LogP contribution is 2.21. The van der Waals surface area contributed by atoms with Crippen molar-refractivity contribution in [1.82, 2.24) is 24.8 Å². The molecule has 148 valence electrons. The molecule has 2 aliphatic heterocycles.